The maximum Gasteiger partial charge on any atom is 4.00 e. The molecule has 0 saturated heterocycles. The van der Waals surface area contributed by atoms with Gasteiger partial charge in [-0.05, 0) is 6.92 Å². The Bertz CT molecular complexity index is 337. The third-order valence-corrected chi connectivity index (χ3v) is 2.63. The van der Waals surface area contributed by atoms with E-state index in [1.807, 2.05) is 0 Å². The van der Waals surface area contributed by atoms with Crippen molar-refractivity contribution in [1.29, 1.82) is 0 Å². The molecule has 0 aromatic heterocycles. The third kappa shape index (κ3) is 13.1. The maximum absolute atomic E-state index is 7.57. The van der Waals surface area contributed by atoms with Gasteiger partial charge in [-0.3, -0.25) is 0 Å². The van der Waals surface area contributed by atoms with Crippen molar-refractivity contribution in [2.24, 2.45) is 0 Å². The number of rotatable bonds is 0. The van der Waals surface area contributed by atoms with E-state index in [1.54, 1.807) is 6.92 Å². The Kier molecular flexibility index (Phi) is 24.3. The molecule has 0 unspecified atom stereocenters. The van der Waals surface area contributed by atoms with Crippen molar-refractivity contribution in [3.63, 3.8) is 0 Å². The molecule has 2 aromatic rings. The van der Waals surface area contributed by atoms with Gasteiger partial charge < -0.3 is 29.9 Å². The molecule has 0 aliphatic heterocycles. The van der Waals surface area contributed by atoms with Crippen LogP contribution in [0.25, 0.3) is 0 Å². The van der Waals surface area contributed by atoms with Gasteiger partial charge in [-0.1, -0.05) is 27.7 Å². The minimum atomic E-state index is 0. The molecule has 0 saturated carbocycles. The number of hydrogen-bond acceptors (Lipinski definition) is 1. The molecule has 0 spiro atoms. The van der Waals surface area contributed by atoms with E-state index in [0.29, 0.717) is 0 Å². The Balaban J connectivity index is -0.0000000956. The number of aryl methyl sites for hydroxylation is 4. The summed E-state index contributed by atoms with van der Waals surface area (Å²) in [6, 6.07) is 12.6. The van der Waals surface area contributed by atoms with Crippen molar-refractivity contribution in [3.8, 4) is 0 Å². The van der Waals surface area contributed by atoms with Gasteiger partial charge in [0.05, 0.1) is 0 Å². The first-order chi connectivity index (χ1) is 8.02. The Hall–Kier alpha value is 0.123. The zero-order chi connectivity index (χ0) is 13.3. The van der Waals surface area contributed by atoms with Crippen LogP contribution in [0.4, 0.5) is 0 Å². The second kappa shape index (κ2) is 17.2. The van der Waals surface area contributed by atoms with Gasteiger partial charge in [-0.15, -0.1) is 0 Å². The molecule has 0 radical (unpaired) electrons. The number of hydrogen-bond donors (Lipinski definition) is 1. The van der Waals surface area contributed by atoms with Gasteiger partial charge in [-0.25, -0.2) is 24.3 Å². The molecule has 20 heavy (non-hydrogen) atoms. The molecule has 0 aliphatic carbocycles. The van der Waals surface area contributed by atoms with Crippen LogP contribution in [0.5, 0.6) is 0 Å². The van der Waals surface area contributed by atoms with Gasteiger partial charge in [0.1, 0.15) is 0 Å². The van der Waals surface area contributed by atoms with Crippen LogP contribution < -0.4 is 24.8 Å². The maximum atomic E-state index is 7.57. The summed E-state index contributed by atoms with van der Waals surface area (Å²) in [5, 5.41) is 7.57. The number of aliphatic hydroxyl groups is 1. The molecule has 2 aromatic carbocycles. The van der Waals surface area contributed by atoms with Crippen molar-refractivity contribution in [2.45, 2.75) is 34.6 Å². The fraction of sp³-hybridized carbons (Fsp3) is 0.375. The zero-order valence-electron chi connectivity index (χ0n) is 12.9. The van der Waals surface area contributed by atoms with E-state index in [4.69, 9.17) is 5.11 Å². The van der Waals surface area contributed by atoms with Crippen molar-refractivity contribution >= 4 is 0 Å². The molecule has 4 heteroatoms. The molecule has 0 bridgehead atoms. The van der Waals surface area contributed by atoms with Crippen LogP contribution in [0.15, 0.2) is 36.4 Å². The van der Waals surface area contributed by atoms with Crippen molar-refractivity contribution in [2.75, 3.05) is 6.61 Å². The molecule has 0 atom stereocenters. The summed E-state index contributed by atoms with van der Waals surface area (Å²) < 4.78 is 0. The quantitative estimate of drug-likeness (QED) is 0.515. The van der Waals surface area contributed by atoms with Gasteiger partial charge in [0, 0.05) is 6.61 Å². The van der Waals surface area contributed by atoms with Crippen LogP contribution in [0.2, 0.25) is 0 Å². The summed E-state index contributed by atoms with van der Waals surface area (Å²) in [7, 11) is 0. The SMILES string of the molecule is CCO.Cc1ccc[c-]1C.Cc1ccc[c-]1C.[Cl-].[Cl-].[Zr+4]. The Morgan fingerprint density at radius 3 is 1.20 bits per heavy atom. The van der Waals surface area contributed by atoms with Crippen molar-refractivity contribution in [3.05, 3.63) is 58.7 Å². The van der Waals surface area contributed by atoms with Gasteiger partial charge in [0.15, 0.2) is 0 Å². The fourth-order valence-corrected chi connectivity index (χ4v) is 1.20. The van der Waals surface area contributed by atoms with E-state index in [0.717, 1.165) is 0 Å². The van der Waals surface area contributed by atoms with E-state index in [-0.39, 0.29) is 57.6 Å². The molecule has 0 amide bonds. The predicted octanol–water partition coefficient (Wildman–Crippen LogP) is -1.95. The van der Waals surface area contributed by atoms with E-state index in [9.17, 15) is 0 Å². The molecule has 0 aliphatic rings. The van der Waals surface area contributed by atoms with E-state index in [2.05, 4.69) is 64.1 Å². The number of halogens is 2. The zero-order valence-corrected chi connectivity index (χ0v) is 16.8. The monoisotopic (exact) mass is 392 g/mol. The normalized spacial score (nSPS) is 7.50. The first-order valence-corrected chi connectivity index (χ1v) is 6.01. The summed E-state index contributed by atoms with van der Waals surface area (Å²) in [6.07, 6.45) is 0. The van der Waals surface area contributed by atoms with Crippen molar-refractivity contribution in [1.82, 2.24) is 0 Å². The van der Waals surface area contributed by atoms with Gasteiger partial charge >= 0.3 is 26.2 Å². The van der Waals surface area contributed by atoms with Crippen LogP contribution >= 0.6 is 0 Å². The summed E-state index contributed by atoms with van der Waals surface area (Å²) >= 11 is 0. The minimum absolute atomic E-state index is 0. The topological polar surface area (TPSA) is 20.2 Å². The smallest absolute Gasteiger partial charge is 1.00 e. The fourth-order valence-electron chi connectivity index (χ4n) is 1.20. The molecule has 1 nitrogen and oxygen atoms in total. The second-order valence-corrected chi connectivity index (χ2v) is 4.10. The standard InChI is InChI=1S/2C7H9.C2H6O.2ClH.Zr/c2*1-6-4-3-5-7(6)2;1-2-3;;;/h2*3-5H,1-2H3;3H,2H2,1H3;2*1H;/q2*-1;;;;+4/p-2. The predicted molar refractivity (Wildman–Crippen MR) is 75.8 cm³/mol. The Morgan fingerprint density at radius 2 is 1.15 bits per heavy atom. The molecule has 112 valence electrons. The summed E-state index contributed by atoms with van der Waals surface area (Å²) in [5.41, 5.74) is 5.56. The molecule has 2 rings (SSSR count). The van der Waals surface area contributed by atoms with Gasteiger partial charge in [0.2, 0.25) is 0 Å². The molecule has 0 heterocycles. The number of aliphatic hydroxyl groups excluding tert-OH is 1. The van der Waals surface area contributed by atoms with Crippen LogP contribution in [0, 0.1) is 27.7 Å². The minimum Gasteiger partial charge on any atom is -1.00 e. The molecular weight excluding hydrogens is 370 g/mol. The summed E-state index contributed by atoms with van der Waals surface area (Å²) in [6.45, 7) is 10.4. The van der Waals surface area contributed by atoms with Crippen molar-refractivity contribution < 1.29 is 56.1 Å². The Labute approximate surface area is 155 Å². The largest absolute Gasteiger partial charge is 4.00 e. The van der Waals surface area contributed by atoms with E-state index >= 15 is 0 Å². The van der Waals surface area contributed by atoms with Crippen LogP contribution in [-0.4, -0.2) is 11.7 Å². The van der Waals surface area contributed by atoms with E-state index < -0.39 is 0 Å². The van der Waals surface area contributed by atoms with Crippen LogP contribution in [-0.2, 0) is 26.2 Å². The third-order valence-electron chi connectivity index (χ3n) is 2.63. The van der Waals surface area contributed by atoms with E-state index in [1.165, 1.54) is 22.3 Å². The average Bonchev–Trinajstić information content (AvgIpc) is 2.81. The molecule has 1 N–H and O–H groups in total. The van der Waals surface area contributed by atoms with Gasteiger partial charge in [-0.2, -0.15) is 34.4 Å². The van der Waals surface area contributed by atoms with Crippen LogP contribution in [0.3, 0.4) is 0 Å². The molecule has 0 fully saturated rings. The first kappa shape index (κ1) is 28.3. The average molecular weight is 394 g/mol. The van der Waals surface area contributed by atoms with Gasteiger partial charge in [0.25, 0.3) is 0 Å². The Morgan fingerprint density at radius 1 is 0.900 bits per heavy atom. The van der Waals surface area contributed by atoms with Crippen LogP contribution in [0.1, 0.15) is 29.2 Å². The molecular formula is C16H24Cl2OZr. The summed E-state index contributed by atoms with van der Waals surface area (Å²) in [4.78, 5) is 0. The first-order valence-electron chi connectivity index (χ1n) is 6.01. The summed E-state index contributed by atoms with van der Waals surface area (Å²) in [5.74, 6) is 0. The second-order valence-electron chi connectivity index (χ2n) is 4.10.